The maximum absolute atomic E-state index is 14.9. The predicted octanol–water partition coefficient (Wildman–Crippen LogP) is 2.42. The van der Waals surface area contributed by atoms with Gasteiger partial charge in [0.15, 0.2) is 11.6 Å². The Morgan fingerprint density at radius 1 is 1.21 bits per heavy atom. The molecule has 2 fully saturated rings. The molecule has 3 aromatic rings. The summed E-state index contributed by atoms with van der Waals surface area (Å²) in [6.07, 6.45) is 4.12. The van der Waals surface area contributed by atoms with Crippen molar-refractivity contribution in [3.8, 4) is 28.3 Å². The molecule has 172 valence electrons. The van der Waals surface area contributed by atoms with Crippen molar-refractivity contribution in [1.82, 2.24) is 25.1 Å². The van der Waals surface area contributed by atoms with Crippen molar-refractivity contribution in [2.75, 3.05) is 11.9 Å². The highest BCUT2D eigenvalue weighted by Crippen LogP contribution is 2.34. The fraction of sp³-hybridized carbons (Fsp3) is 0.391. The number of aromatic hydroxyl groups is 1. The highest BCUT2D eigenvalue weighted by Gasteiger charge is 2.43. The zero-order chi connectivity index (χ0) is 23.3. The van der Waals surface area contributed by atoms with Crippen LogP contribution in [0.5, 0.6) is 5.75 Å². The number of benzene rings is 1. The molecule has 0 saturated carbocycles. The van der Waals surface area contributed by atoms with Crippen LogP contribution in [-0.4, -0.2) is 56.2 Å². The lowest BCUT2D eigenvalue weighted by molar-refractivity contribution is 0.176. The van der Waals surface area contributed by atoms with Crippen molar-refractivity contribution in [3.05, 3.63) is 52.8 Å². The molecule has 2 N–H and O–H groups in total. The molecule has 33 heavy (non-hydrogen) atoms. The number of hydrogen-bond acceptors (Lipinski definition) is 7. The van der Waals surface area contributed by atoms with Gasteiger partial charge in [-0.2, -0.15) is 0 Å². The number of anilines is 1. The van der Waals surface area contributed by atoms with Crippen LogP contribution in [-0.2, 0) is 7.05 Å². The van der Waals surface area contributed by atoms with Crippen molar-refractivity contribution < 1.29 is 13.9 Å². The van der Waals surface area contributed by atoms with Gasteiger partial charge in [0.2, 0.25) is 0 Å². The number of hydrogen-bond donors (Lipinski definition) is 2. The number of pyridine rings is 1. The monoisotopic (exact) mass is 454 g/mol. The third-order valence-corrected chi connectivity index (χ3v) is 6.69. The maximum Gasteiger partial charge on any atom is 0.251 e. The third kappa shape index (κ3) is 3.84. The normalized spacial score (nSPS) is 24.1. The summed E-state index contributed by atoms with van der Waals surface area (Å²) in [5, 5.41) is 22.2. The molecular weight excluding hydrogens is 430 g/mol. The number of piperidine rings is 1. The molecule has 0 aliphatic carbocycles. The fourth-order valence-corrected chi connectivity index (χ4v) is 4.78. The molecule has 10 heteroatoms. The van der Waals surface area contributed by atoms with Crippen molar-refractivity contribution >= 4 is 5.82 Å². The van der Waals surface area contributed by atoms with Gasteiger partial charge in [0, 0.05) is 44.0 Å². The van der Waals surface area contributed by atoms with E-state index in [-0.39, 0.29) is 34.8 Å². The van der Waals surface area contributed by atoms with E-state index in [9.17, 15) is 18.7 Å². The fourth-order valence-electron chi connectivity index (χ4n) is 4.78. The molecule has 1 aromatic carbocycles. The summed E-state index contributed by atoms with van der Waals surface area (Å²) >= 11 is 0. The summed E-state index contributed by atoms with van der Waals surface area (Å²) in [5.74, 6) is -0.116. The minimum Gasteiger partial charge on any atom is -0.507 e. The Kier molecular flexibility index (Phi) is 5.32. The van der Waals surface area contributed by atoms with Gasteiger partial charge in [0.25, 0.3) is 5.56 Å². The highest BCUT2D eigenvalue weighted by molar-refractivity contribution is 5.73. The van der Waals surface area contributed by atoms with E-state index < -0.39 is 12.0 Å². The number of phenolic OH excluding ortho intramolecular Hbond substituents is 1. The largest absolute Gasteiger partial charge is 0.507 e. The number of alkyl halides is 1. The standard InChI is InChI=1S/C23H24F2N6O2/c1-30-11-16(24)15(9-21(30)33)12-3-5-14(19(32)7-12)23-26-10-20(28-29-23)31(2)18-8-13-4-6-17(27-13)22(18)25/h3,5,7,9-11,13,17-18,22,27,32H,4,6,8H2,1-2H3/t13-,17+,18-,22+/m0/s1. The second-order valence-corrected chi connectivity index (χ2v) is 8.76. The average molecular weight is 454 g/mol. The lowest BCUT2D eigenvalue weighted by Gasteiger charge is -2.38. The second kappa shape index (κ2) is 8.18. The van der Waals surface area contributed by atoms with Crippen molar-refractivity contribution in [3.63, 3.8) is 0 Å². The van der Waals surface area contributed by atoms with E-state index in [1.54, 1.807) is 24.1 Å². The van der Waals surface area contributed by atoms with Crippen LogP contribution >= 0.6 is 0 Å². The summed E-state index contributed by atoms with van der Waals surface area (Å²) in [7, 11) is 3.25. The summed E-state index contributed by atoms with van der Waals surface area (Å²) in [6, 6.07) is 5.55. The van der Waals surface area contributed by atoms with Crippen molar-refractivity contribution in [1.29, 1.82) is 0 Å². The first-order valence-corrected chi connectivity index (χ1v) is 10.8. The Balaban J connectivity index is 1.38. The molecule has 5 rings (SSSR count). The Morgan fingerprint density at radius 2 is 2.03 bits per heavy atom. The van der Waals surface area contributed by atoms with Gasteiger partial charge in [-0.25, -0.2) is 13.8 Å². The molecule has 0 spiro atoms. The minimum atomic E-state index is -0.998. The van der Waals surface area contributed by atoms with Gasteiger partial charge < -0.3 is 19.9 Å². The first-order chi connectivity index (χ1) is 15.8. The lowest BCUT2D eigenvalue weighted by Crippen LogP contribution is -2.55. The Bertz CT molecular complexity index is 1250. The molecule has 0 unspecified atom stereocenters. The van der Waals surface area contributed by atoms with Gasteiger partial charge in [-0.15, -0.1) is 10.2 Å². The Hall–Kier alpha value is -3.40. The Labute approximate surface area is 188 Å². The van der Waals surface area contributed by atoms with Crippen LogP contribution in [0.25, 0.3) is 22.5 Å². The predicted molar refractivity (Wildman–Crippen MR) is 119 cm³/mol. The van der Waals surface area contributed by atoms with E-state index >= 15 is 0 Å². The van der Waals surface area contributed by atoms with Gasteiger partial charge in [0.1, 0.15) is 17.7 Å². The van der Waals surface area contributed by atoms with Crippen LogP contribution in [0.4, 0.5) is 14.6 Å². The van der Waals surface area contributed by atoms with Gasteiger partial charge in [0.05, 0.1) is 17.8 Å². The molecule has 8 nitrogen and oxygen atoms in total. The number of aromatic nitrogens is 4. The molecule has 2 bridgehead atoms. The number of halogens is 2. The van der Waals surface area contributed by atoms with Crippen LogP contribution in [0.15, 0.2) is 41.5 Å². The van der Waals surface area contributed by atoms with Crippen molar-refractivity contribution in [2.45, 2.75) is 43.6 Å². The maximum atomic E-state index is 14.9. The molecule has 0 radical (unpaired) electrons. The summed E-state index contributed by atoms with van der Waals surface area (Å²) in [5.41, 5.74) is 0.394. The quantitative estimate of drug-likeness (QED) is 0.625. The van der Waals surface area contributed by atoms with Crippen LogP contribution < -0.4 is 15.8 Å². The van der Waals surface area contributed by atoms with Crippen LogP contribution in [0.2, 0.25) is 0 Å². The molecule has 2 aliphatic heterocycles. The van der Waals surface area contributed by atoms with E-state index in [1.807, 2.05) is 0 Å². The molecule has 2 aliphatic rings. The first kappa shape index (κ1) is 21.4. The number of fused-ring (bicyclic) bond motifs is 2. The Morgan fingerprint density at radius 3 is 2.76 bits per heavy atom. The molecule has 4 atom stereocenters. The van der Waals surface area contributed by atoms with Crippen LogP contribution in [0.3, 0.4) is 0 Å². The van der Waals surface area contributed by atoms with Crippen LogP contribution in [0.1, 0.15) is 19.3 Å². The van der Waals surface area contributed by atoms with Gasteiger partial charge in [-0.1, -0.05) is 6.07 Å². The molecule has 0 amide bonds. The van der Waals surface area contributed by atoms with E-state index in [0.29, 0.717) is 29.4 Å². The number of nitrogens with zero attached hydrogens (tertiary/aromatic N) is 5. The number of phenols is 1. The van der Waals surface area contributed by atoms with E-state index in [2.05, 4.69) is 20.5 Å². The van der Waals surface area contributed by atoms with Gasteiger partial charge in [-0.3, -0.25) is 4.79 Å². The smallest absolute Gasteiger partial charge is 0.251 e. The van der Waals surface area contributed by atoms with E-state index in [0.717, 1.165) is 23.6 Å². The van der Waals surface area contributed by atoms with Gasteiger partial charge >= 0.3 is 0 Å². The van der Waals surface area contributed by atoms with Crippen LogP contribution in [0, 0.1) is 5.82 Å². The van der Waals surface area contributed by atoms with E-state index in [4.69, 9.17) is 0 Å². The summed E-state index contributed by atoms with van der Waals surface area (Å²) in [4.78, 5) is 18.0. The third-order valence-electron chi connectivity index (χ3n) is 6.69. The van der Waals surface area contributed by atoms with Crippen molar-refractivity contribution in [2.24, 2.45) is 7.05 Å². The minimum absolute atomic E-state index is 0.0904. The lowest BCUT2D eigenvalue weighted by atomic mass is 9.96. The zero-order valence-electron chi connectivity index (χ0n) is 18.2. The molecular formula is C23H24F2N6O2. The SMILES string of the molecule is CN(c1cnc(-c2ccc(-c3cc(=O)n(C)cc3F)cc2O)nn1)[C@H]1C[C@@H]2CC[C@@H](N2)[C@H]1F. The number of nitrogens with one attached hydrogen (secondary N) is 1. The first-order valence-electron chi connectivity index (χ1n) is 10.8. The summed E-state index contributed by atoms with van der Waals surface area (Å²) < 4.78 is 30.3. The zero-order valence-corrected chi connectivity index (χ0v) is 18.2. The second-order valence-electron chi connectivity index (χ2n) is 8.76. The number of rotatable bonds is 4. The molecule has 2 saturated heterocycles. The van der Waals surface area contributed by atoms with E-state index in [1.165, 1.54) is 25.4 Å². The molecule has 2 aromatic heterocycles. The average Bonchev–Trinajstić information content (AvgIpc) is 3.22. The summed E-state index contributed by atoms with van der Waals surface area (Å²) in [6.45, 7) is 0. The topological polar surface area (TPSA) is 96.2 Å². The van der Waals surface area contributed by atoms with Gasteiger partial charge in [-0.05, 0) is 37.0 Å². The highest BCUT2D eigenvalue weighted by atomic mass is 19.1. The molecule has 4 heterocycles. The number of aryl methyl sites for hydroxylation is 1.